The molecule has 0 atom stereocenters. The number of carbonyl (C=O) groups excluding carboxylic acids is 2. The fourth-order valence-corrected chi connectivity index (χ4v) is 1.78. The van der Waals surface area contributed by atoms with E-state index < -0.39 is 11.9 Å². The molecule has 19 heavy (non-hydrogen) atoms. The number of ether oxygens (including phenoxy) is 1. The average Bonchev–Trinajstić information content (AvgIpc) is 2.36. The van der Waals surface area contributed by atoms with Crippen LogP contribution >= 0.6 is 23.2 Å². The van der Waals surface area contributed by atoms with Gasteiger partial charge in [0.15, 0.2) is 0 Å². The lowest BCUT2D eigenvalue weighted by Gasteiger charge is -2.03. The summed E-state index contributed by atoms with van der Waals surface area (Å²) >= 11 is 11.9. The van der Waals surface area contributed by atoms with Gasteiger partial charge in [-0.05, 0) is 25.1 Å². The van der Waals surface area contributed by atoms with Crippen molar-refractivity contribution in [1.29, 1.82) is 0 Å². The highest BCUT2D eigenvalue weighted by Gasteiger charge is 2.05. The highest BCUT2D eigenvalue weighted by Crippen LogP contribution is 2.25. The van der Waals surface area contributed by atoms with E-state index in [4.69, 9.17) is 23.2 Å². The zero-order chi connectivity index (χ0) is 14.3. The maximum absolute atomic E-state index is 11.5. The van der Waals surface area contributed by atoms with E-state index in [1.54, 1.807) is 25.1 Å². The maximum Gasteiger partial charge on any atom is 0.325 e. The Labute approximate surface area is 121 Å². The first-order valence-corrected chi connectivity index (χ1v) is 6.35. The van der Waals surface area contributed by atoms with Crippen molar-refractivity contribution in [2.45, 2.75) is 6.92 Å². The number of rotatable bonds is 5. The third kappa shape index (κ3) is 5.32. The van der Waals surface area contributed by atoms with E-state index in [0.29, 0.717) is 15.6 Å². The standard InChI is InChI=1S/C13H13Cl2NO3/c1-2-19-13(18)8-16-12(17)7-6-9-10(14)4-3-5-11(9)15/h3-7H,2,8H2,1H3,(H,16,17). The number of amides is 1. The van der Waals surface area contributed by atoms with Crippen molar-refractivity contribution in [1.82, 2.24) is 5.32 Å². The lowest BCUT2D eigenvalue weighted by Crippen LogP contribution is -2.29. The molecule has 1 N–H and O–H groups in total. The third-order valence-electron chi connectivity index (χ3n) is 2.11. The Kier molecular flexibility index (Phi) is 6.39. The lowest BCUT2D eigenvalue weighted by atomic mass is 10.2. The van der Waals surface area contributed by atoms with Crippen molar-refractivity contribution in [3.8, 4) is 0 Å². The monoisotopic (exact) mass is 301 g/mol. The van der Waals surface area contributed by atoms with Gasteiger partial charge < -0.3 is 10.1 Å². The van der Waals surface area contributed by atoms with Gasteiger partial charge in [0.2, 0.25) is 5.91 Å². The van der Waals surface area contributed by atoms with E-state index in [1.165, 1.54) is 12.2 Å². The Hall–Kier alpha value is -1.52. The van der Waals surface area contributed by atoms with Crippen LogP contribution in [0.25, 0.3) is 6.08 Å². The summed E-state index contributed by atoms with van der Waals surface area (Å²) in [7, 11) is 0. The molecular formula is C13H13Cl2NO3. The summed E-state index contributed by atoms with van der Waals surface area (Å²) in [5, 5.41) is 3.28. The summed E-state index contributed by atoms with van der Waals surface area (Å²) in [5.74, 6) is -0.913. The lowest BCUT2D eigenvalue weighted by molar-refractivity contribution is -0.143. The molecule has 1 aromatic rings. The van der Waals surface area contributed by atoms with Crippen LogP contribution in [0.5, 0.6) is 0 Å². The molecular weight excluding hydrogens is 289 g/mol. The third-order valence-corrected chi connectivity index (χ3v) is 2.77. The summed E-state index contributed by atoms with van der Waals surface area (Å²) in [6.45, 7) is 1.80. The number of hydrogen-bond donors (Lipinski definition) is 1. The zero-order valence-corrected chi connectivity index (χ0v) is 11.8. The van der Waals surface area contributed by atoms with Crippen LogP contribution in [-0.4, -0.2) is 25.0 Å². The van der Waals surface area contributed by atoms with E-state index in [-0.39, 0.29) is 13.2 Å². The largest absolute Gasteiger partial charge is 0.465 e. The number of nitrogens with one attached hydrogen (secondary N) is 1. The molecule has 0 unspecified atom stereocenters. The summed E-state index contributed by atoms with van der Waals surface area (Å²) in [6.07, 6.45) is 2.75. The number of benzene rings is 1. The van der Waals surface area contributed by atoms with Crippen molar-refractivity contribution >= 4 is 41.2 Å². The van der Waals surface area contributed by atoms with E-state index in [2.05, 4.69) is 10.1 Å². The molecule has 0 aliphatic carbocycles. The van der Waals surface area contributed by atoms with Crippen molar-refractivity contribution < 1.29 is 14.3 Å². The molecule has 0 heterocycles. The summed E-state index contributed by atoms with van der Waals surface area (Å²) in [6, 6.07) is 5.05. The van der Waals surface area contributed by atoms with E-state index in [0.717, 1.165) is 0 Å². The van der Waals surface area contributed by atoms with Crippen LogP contribution < -0.4 is 5.32 Å². The van der Waals surface area contributed by atoms with Crippen LogP contribution in [0.2, 0.25) is 10.0 Å². The van der Waals surface area contributed by atoms with Crippen LogP contribution in [0.15, 0.2) is 24.3 Å². The van der Waals surface area contributed by atoms with Crippen LogP contribution in [-0.2, 0) is 14.3 Å². The minimum atomic E-state index is -0.486. The molecule has 0 saturated carbocycles. The molecule has 0 spiro atoms. The predicted molar refractivity (Wildman–Crippen MR) is 75.1 cm³/mol. The minimum absolute atomic E-state index is 0.173. The fraction of sp³-hybridized carbons (Fsp3) is 0.231. The summed E-state index contributed by atoms with van der Waals surface area (Å²) in [5.41, 5.74) is 0.553. The number of hydrogen-bond acceptors (Lipinski definition) is 3. The Balaban J connectivity index is 2.57. The average molecular weight is 302 g/mol. The van der Waals surface area contributed by atoms with E-state index in [1.807, 2.05) is 0 Å². The first-order valence-electron chi connectivity index (χ1n) is 5.60. The smallest absolute Gasteiger partial charge is 0.325 e. The second-order valence-electron chi connectivity index (χ2n) is 3.49. The molecule has 1 rings (SSSR count). The van der Waals surface area contributed by atoms with Gasteiger partial charge in [0.1, 0.15) is 6.54 Å². The Morgan fingerprint density at radius 3 is 2.53 bits per heavy atom. The minimum Gasteiger partial charge on any atom is -0.465 e. The quantitative estimate of drug-likeness (QED) is 0.672. The first-order chi connectivity index (χ1) is 9.04. The van der Waals surface area contributed by atoms with Crippen molar-refractivity contribution in [3.63, 3.8) is 0 Å². The topological polar surface area (TPSA) is 55.4 Å². The predicted octanol–water partition coefficient (Wildman–Crippen LogP) is 2.69. The second kappa shape index (κ2) is 7.81. The molecule has 1 amide bonds. The normalized spacial score (nSPS) is 10.5. The molecule has 0 aliphatic rings. The SMILES string of the molecule is CCOC(=O)CNC(=O)C=Cc1c(Cl)cccc1Cl. The van der Waals surface area contributed by atoms with Gasteiger partial charge in [0, 0.05) is 21.7 Å². The number of esters is 1. The molecule has 102 valence electrons. The van der Waals surface area contributed by atoms with Crippen LogP contribution in [0, 0.1) is 0 Å². The van der Waals surface area contributed by atoms with Gasteiger partial charge in [-0.2, -0.15) is 0 Å². The molecule has 0 aliphatic heterocycles. The molecule has 0 saturated heterocycles. The Morgan fingerprint density at radius 2 is 1.95 bits per heavy atom. The zero-order valence-electron chi connectivity index (χ0n) is 10.3. The van der Waals surface area contributed by atoms with Gasteiger partial charge >= 0.3 is 5.97 Å². The molecule has 1 aromatic carbocycles. The molecule has 0 fully saturated rings. The molecule has 0 radical (unpaired) electrons. The Morgan fingerprint density at radius 1 is 1.32 bits per heavy atom. The highest BCUT2D eigenvalue weighted by atomic mass is 35.5. The molecule has 6 heteroatoms. The summed E-state index contributed by atoms with van der Waals surface area (Å²) in [4.78, 5) is 22.5. The highest BCUT2D eigenvalue weighted by molar-refractivity contribution is 6.37. The van der Waals surface area contributed by atoms with Crippen LogP contribution in [0.3, 0.4) is 0 Å². The second-order valence-corrected chi connectivity index (χ2v) is 4.31. The van der Waals surface area contributed by atoms with Gasteiger partial charge in [0.05, 0.1) is 6.61 Å². The number of carbonyl (C=O) groups is 2. The van der Waals surface area contributed by atoms with Gasteiger partial charge in [-0.25, -0.2) is 0 Å². The molecule has 0 bridgehead atoms. The van der Waals surface area contributed by atoms with Crippen molar-refractivity contribution in [2.24, 2.45) is 0 Å². The van der Waals surface area contributed by atoms with Gasteiger partial charge in [0.25, 0.3) is 0 Å². The maximum atomic E-state index is 11.5. The van der Waals surface area contributed by atoms with Gasteiger partial charge in [-0.15, -0.1) is 0 Å². The first kappa shape index (κ1) is 15.5. The van der Waals surface area contributed by atoms with Gasteiger partial charge in [-0.3, -0.25) is 9.59 Å². The summed E-state index contributed by atoms with van der Waals surface area (Å²) < 4.78 is 4.67. The van der Waals surface area contributed by atoms with Crippen LogP contribution in [0.4, 0.5) is 0 Å². The Bertz CT molecular complexity index is 480. The molecule has 0 aromatic heterocycles. The van der Waals surface area contributed by atoms with Crippen LogP contribution in [0.1, 0.15) is 12.5 Å². The number of halogens is 2. The van der Waals surface area contributed by atoms with E-state index >= 15 is 0 Å². The van der Waals surface area contributed by atoms with Gasteiger partial charge in [-0.1, -0.05) is 29.3 Å². The van der Waals surface area contributed by atoms with E-state index in [9.17, 15) is 9.59 Å². The molecule has 4 nitrogen and oxygen atoms in total. The fourth-order valence-electron chi connectivity index (χ4n) is 1.26. The van der Waals surface area contributed by atoms with Crippen molar-refractivity contribution in [2.75, 3.05) is 13.2 Å². The van der Waals surface area contributed by atoms with Crippen molar-refractivity contribution in [3.05, 3.63) is 39.9 Å².